The molecular formula is C45H56N10O4S. The summed E-state index contributed by atoms with van der Waals surface area (Å²) < 4.78 is 4.36. The lowest BCUT2D eigenvalue weighted by Crippen LogP contribution is -2.60. The van der Waals surface area contributed by atoms with E-state index in [1.807, 2.05) is 52.9 Å². The average molecular weight is 833 g/mol. The van der Waals surface area contributed by atoms with Gasteiger partial charge in [0.2, 0.25) is 24.2 Å². The fourth-order valence-corrected chi connectivity index (χ4v) is 11.1. The molecule has 1 atom stereocenters. The molecular weight excluding hydrogens is 777 g/mol. The largest absolute Gasteiger partial charge is 0.368 e. The van der Waals surface area contributed by atoms with Crippen LogP contribution in [0.15, 0.2) is 70.5 Å². The molecule has 4 aliphatic heterocycles. The van der Waals surface area contributed by atoms with Gasteiger partial charge in [0.25, 0.3) is 5.56 Å². The molecule has 1 aliphatic carbocycles. The highest BCUT2D eigenvalue weighted by atomic mass is 32.2. The Morgan fingerprint density at radius 1 is 0.867 bits per heavy atom. The van der Waals surface area contributed by atoms with Gasteiger partial charge in [0.05, 0.1) is 11.4 Å². The van der Waals surface area contributed by atoms with E-state index in [-0.39, 0.29) is 29.5 Å². The van der Waals surface area contributed by atoms with Crippen LogP contribution in [-0.4, -0.2) is 113 Å². The number of benzene rings is 2. The molecule has 2 aromatic heterocycles. The molecule has 4 saturated heterocycles. The van der Waals surface area contributed by atoms with Crippen molar-refractivity contribution in [2.45, 2.75) is 99.2 Å². The number of pyridine rings is 1. The van der Waals surface area contributed by atoms with E-state index < -0.39 is 6.04 Å². The van der Waals surface area contributed by atoms with Crippen LogP contribution in [0.3, 0.4) is 0 Å². The predicted molar refractivity (Wildman–Crippen MR) is 237 cm³/mol. The summed E-state index contributed by atoms with van der Waals surface area (Å²) in [6.45, 7) is 5.93. The Kier molecular flexibility index (Phi) is 11.8. The Balaban J connectivity index is 0.760. The first kappa shape index (κ1) is 40.4. The van der Waals surface area contributed by atoms with Gasteiger partial charge >= 0.3 is 0 Å². The third-order valence-electron chi connectivity index (χ3n) is 13.5. The average Bonchev–Trinajstić information content (AvgIpc) is 3.78. The van der Waals surface area contributed by atoms with Gasteiger partial charge in [-0.3, -0.25) is 34.0 Å². The molecule has 4 aromatic rings. The summed E-state index contributed by atoms with van der Waals surface area (Å²) in [6.07, 6.45) is 11.8. The number of rotatable bonds is 12. The lowest BCUT2D eigenvalue weighted by Gasteiger charge is -2.49. The predicted octanol–water partition coefficient (Wildman–Crippen LogP) is 5.39. The third kappa shape index (κ3) is 8.35. The molecule has 5 aliphatic rings. The molecule has 316 valence electrons. The van der Waals surface area contributed by atoms with Crippen molar-refractivity contribution in [3.63, 3.8) is 0 Å². The molecule has 2 N–H and O–H groups in total. The molecule has 9 rings (SSSR count). The van der Waals surface area contributed by atoms with Crippen LogP contribution in [0.2, 0.25) is 0 Å². The quantitative estimate of drug-likeness (QED) is 0.108. The molecule has 60 heavy (non-hydrogen) atoms. The van der Waals surface area contributed by atoms with Crippen molar-refractivity contribution >= 4 is 64.2 Å². The van der Waals surface area contributed by atoms with Gasteiger partial charge in [0.1, 0.15) is 11.7 Å². The summed E-state index contributed by atoms with van der Waals surface area (Å²) in [5.74, 6) is 0.375. The van der Waals surface area contributed by atoms with Crippen LogP contribution >= 0.6 is 11.9 Å². The number of imide groups is 1. The van der Waals surface area contributed by atoms with Crippen molar-refractivity contribution in [1.82, 2.24) is 29.1 Å². The number of hydrogen-bond acceptors (Lipinski definition) is 12. The van der Waals surface area contributed by atoms with E-state index in [9.17, 15) is 19.2 Å². The SMILES string of the molecule is CN(C=O)c1c(C2CCN(C3CN(c4cccc(SN5CCC(Nc6ncc7ccc(=O)n(C8CCCC8)c7n6)CC5)c4)C3)CC2)cccc1N(C)C1CCC(=O)NC1=O. The highest BCUT2D eigenvalue weighted by molar-refractivity contribution is 7.97. The second-order valence-corrected chi connectivity index (χ2v) is 18.4. The maximum Gasteiger partial charge on any atom is 0.252 e. The number of carbonyl (C=O) groups is 3. The summed E-state index contributed by atoms with van der Waals surface area (Å²) >= 11 is 1.84. The maximum absolute atomic E-state index is 12.9. The monoisotopic (exact) mass is 832 g/mol. The van der Waals surface area contributed by atoms with Gasteiger partial charge in [-0.15, -0.1) is 0 Å². The molecule has 0 bridgehead atoms. The van der Waals surface area contributed by atoms with E-state index in [2.05, 4.69) is 60.1 Å². The first-order chi connectivity index (χ1) is 29.2. The molecule has 0 spiro atoms. The van der Waals surface area contributed by atoms with Gasteiger partial charge in [-0.25, -0.2) is 9.29 Å². The van der Waals surface area contributed by atoms with E-state index in [1.165, 1.54) is 10.6 Å². The molecule has 2 aromatic carbocycles. The van der Waals surface area contributed by atoms with Gasteiger partial charge in [-0.2, -0.15) is 4.98 Å². The Morgan fingerprint density at radius 2 is 1.63 bits per heavy atom. The van der Waals surface area contributed by atoms with Crippen LogP contribution in [0.5, 0.6) is 0 Å². The van der Waals surface area contributed by atoms with Crippen LogP contribution in [0, 0.1) is 0 Å². The van der Waals surface area contributed by atoms with E-state index in [0.29, 0.717) is 30.7 Å². The molecule has 14 nitrogen and oxygen atoms in total. The van der Waals surface area contributed by atoms with Gasteiger partial charge in [0, 0.05) is 93.1 Å². The molecule has 5 fully saturated rings. The van der Waals surface area contributed by atoms with Crippen LogP contribution in [0.25, 0.3) is 11.0 Å². The first-order valence-corrected chi connectivity index (χ1v) is 22.5. The van der Waals surface area contributed by atoms with E-state index in [4.69, 9.17) is 4.98 Å². The zero-order valence-corrected chi connectivity index (χ0v) is 35.5. The van der Waals surface area contributed by atoms with Crippen molar-refractivity contribution in [2.75, 3.05) is 73.4 Å². The van der Waals surface area contributed by atoms with Gasteiger partial charge < -0.3 is 20.0 Å². The summed E-state index contributed by atoms with van der Waals surface area (Å²) in [4.78, 5) is 69.0. The van der Waals surface area contributed by atoms with E-state index >= 15 is 0 Å². The summed E-state index contributed by atoms with van der Waals surface area (Å²) in [5.41, 5.74) is 4.85. The second-order valence-electron chi connectivity index (χ2n) is 17.3. The number of anilines is 4. The number of likely N-dealkylation sites (N-methyl/N-ethyl adjacent to an activating group) is 1. The Morgan fingerprint density at radius 3 is 2.38 bits per heavy atom. The number of piperidine rings is 3. The van der Waals surface area contributed by atoms with Crippen molar-refractivity contribution in [3.05, 3.63) is 76.7 Å². The fraction of sp³-hybridized carbons (Fsp3) is 0.511. The van der Waals surface area contributed by atoms with E-state index in [0.717, 1.165) is 125 Å². The molecule has 1 saturated carbocycles. The number of nitrogens with one attached hydrogen (secondary N) is 2. The van der Waals surface area contributed by atoms with Gasteiger partial charge in [-0.1, -0.05) is 31.0 Å². The Labute approximate surface area is 355 Å². The fourth-order valence-electron chi connectivity index (χ4n) is 10.1. The van der Waals surface area contributed by atoms with Crippen molar-refractivity contribution < 1.29 is 14.4 Å². The minimum absolute atomic E-state index is 0.0256. The summed E-state index contributed by atoms with van der Waals surface area (Å²) in [7, 11) is 3.66. The lowest BCUT2D eigenvalue weighted by molar-refractivity contribution is -0.134. The third-order valence-corrected chi connectivity index (χ3v) is 14.6. The Hall–Kier alpha value is -4.99. The van der Waals surface area contributed by atoms with Crippen LogP contribution < -0.4 is 30.9 Å². The van der Waals surface area contributed by atoms with Crippen molar-refractivity contribution in [3.8, 4) is 0 Å². The topological polar surface area (TPSA) is 139 Å². The number of carbonyl (C=O) groups excluding carboxylic acids is 3. The maximum atomic E-state index is 12.9. The van der Waals surface area contributed by atoms with Crippen LogP contribution in [0.1, 0.15) is 81.7 Å². The molecule has 3 amide bonds. The normalized spacial score (nSPS) is 21.6. The minimum Gasteiger partial charge on any atom is -0.368 e. The second kappa shape index (κ2) is 17.5. The highest BCUT2D eigenvalue weighted by Gasteiger charge is 2.37. The number of para-hydroxylation sites is 1. The van der Waals surface area contributed by atoms with Crippen molar-refractivity contribution in [1.29, 1.82) is 0 Å². The number of hydrogen-bond donors (Lipinski definition) is 2. The van der Waals surface area contributed by atoms with Crippen LogP contribution in [-0.2, 0) is 14.4 Å². The zero-order valence-electron chi connectivity index (χ0n) is 34.7. The number of amides is 3. The highest BCUT2D eigenvalue weighted by Crippen LogP contribution is 2.42. The van der Waals surface area contributed by atoms with Gasteiger partial charge in [-0.05, 0) is 112 Å². The van der Waals surface area contributed by atoms with Crippen LogP contribution in [0.4, 0.5) is 23.0 Å². The minimum atomic E-state index is -0.469. The van der Waals surface area contributed by atoms with Crippen molar-refractivity contribution in [2.24, 2.45) is 0 Å². The molecule has 15 heteroatoms. The molecule has 0 radical (unpaired) electrons. The lowest BCUT2D eigenvalue weighted by atomic mass is 9.86. The zero-order chi connectivity index (χ0) is 41.3. The molecule has 6 heterocycles. The number of aromatic nitrogens is 3. The number of nitrogens with zero attached hydrogens (tertiary/aromatic N) is 8. The standard InChI is InChI=1S/C45H56N10O4S/c1-50(29-56)42-37(11-6-12-38(42)51(2)39-14-15-40(57)48-44(39)59)30-17-21-52(22-18-30)35-27-53(28-35)34-9-5-10-36(25-34)60-54-23-19-32(20-24-54)47-45-46-26-31-13-16-41(58)55(43(31)49-45)33-7-3-4-8-33/h5-6,9-13,16,25-26,29-30,32-33,35,39H,3-4,7-8,14-15,17-24,27-28H2,1-2H3,(H,46,47,49)(H,48,57,59). The Bertz CT molecular complexity index is 2280. The summed E-state index contributed by atoms with van der Waals surface area (Å²) in [6, 6.07) is 19.1. The number of likely N-dealkylation sites (tertiary alicyclic amines) is 1. The summed E-state index contributed by atoms with van der Waals surface area (Å²) in [5, 5.41) is 6.96. The molecule has 1 unspecified atom stereocenters. The van der Waals surface area contributed by atoms with Gasteiger partial charge in [0.15, 0.2) is 0 Å². The first-order valence-electron chi connectivity index (χ1n) is 21.8. The smallest absolute Gasteiger partial charge is 0.252 e. The number of fused-ring (bicyclic) bond motifs is 1. The van der Waals surface area contributed by atoms with E-state index in [1.54, 1.807) is 18.0 Å².